The quantitative estimate of drug-likeness (QED) is 0.595. The summed E-state index contributed by atoms with van der Waals surface area (Å²) >= 11 is 1.93. The first-order valence-corrected chi connectivity index (χ1v) is 8.26. The Hall–Kier alpha value is -1.93. The van der Waals surface area contributed by atoms with Crippen LogP contribution < -0.4 is 0 Å². The molecule has 0 N–H and O–H groups in total. The molecule has 4 rings (SSSR count). The van der Waals surface area contributed by atoms with Gasteiger partial charge >= 0.3 is 0 Å². The minimum Gasteiger partial charge on any atom is -0.264 e. The van der Waals surface area contributed by atoms with Crippen LogP contribution in [0.4, 0.5) is 0 Å². The van der Waals surface area contributed by atoms with E-state index in [1.807, 2.05) is 29.8 Å². The highest BCUT2D eigenvalue weighted by molar-refractivity contribution is 7.15. The Labute approximate surface area is 129 Å². The molecule has 0 saturated carbocycles. The summed E-state index contributed by atoms with van der Waals surface area (Å²) in [5, 5.41) is 0. The molecule has 0 aliphatic heterocycles. The second-order valence-electron chi connectivity index (χ2n) is 5.68. The van der Waals surface area contributed by atoms with Crippen LogP contribution in [0.2, 0.25) is 0 Å². The van der Waals surface area contributed by atoms with Crippen LogP contribution in [0.25, 0.3) is 21.6 Å². The van der Waals surface area contributed by atoms with Gasteiger partial charge in [-0.05, 0) is 66.6 Å². The van der Waals surface area contributed by atoms with E-state index in [9.17, 15) is 0 Å². The Bertz CT molecular complexity index is 787. The van der Waals surface area contributed by atoms with Crippen molar-refractivity contribution >= 4 is 11.3 Å². The van der Waals surface area contributed by atoms with Crippen LogP contribution in [-0.2, 0) is 12.8 Å². The lowest BCUT2D eigenvalue weighted by atomic mass is 9.98. The molecule has 104 valence electrons. The SMILES string of the molecule is Cc1cc2c(s1)-c1cc(-c3cccnc3)ccc1CCC2. The van der Waals surface area contributed by atoms with Gasteiger partial charge in [-0.1, -0.05) is 18.2 Å². The molecule has 0 radical (unpaired) electrons. The lowest BCUT2D eigenvalue weighted by molar-refractivity contribution is 0.835. The van der Waals surface area contributed by atoms with Gasteiger partial charge in [0.05, 0.1) is 0 Å². The number of aromatic nitrogens is 1. The molecule has 0 saturated heterocycles. The third-order valence-corrected chi connectivity index (χ3v) is 5.30. The van der Waals surface area contributed by atoms with Gasteiger partial charge in [-0.3, -0.25) is 4.98 Å². The van der Waals surface area contributed by atoms with Gasteiger partial charge in [-0.25, -0.2) is 0 Å². The van der Waals surface area contributed by atoms with Crippen molar-refractivity contribution < 1.29 is 0 Å². The summed E-state index contributed by atoms with van der Waals surface area (Å²) in [5.74, 6) is 0. The number of rotatable bonds is 1. The molecule has 1 aliphatic rings. The van der Waals surface area contributed by atoms with Gasteiger partial charge in [-0.15, -0.1) is 11.3 Å². The van der Waals surface area contributed by atoms with E-state index in [0.29, 0.717) is 0 Å². The molecule has 0 atom stereocenters. The van der Waals surface area contributed by atoms with E-state index in [2.05, 4.69) is 42.2 Å². The molecule has 2 aromatic heterocycles. The number of aryl methyl sites for hydroxylation is 3. The highest BCUT2D eigenvalue weighted by atomic mass is 32.1. The summed E-state index contributed by atoms with van der Waals surface area (Å²) < 4.78 is 0. The molecular weight excluding hydrogens is 274 g/mol. The molecule has 0 unspecified atom stereocenters. The largest absolute Gasteiger partial charge is 0.264 e. The Morgan fingerprint density at radius 1 is 1.00 bits per heavy atom. The maximum Gasteiger partial charge on any atom is 0.0380 e. The van der Waals surface area contributed by atoms with Crippen LogP contribution in [0.3, 0.4) is 0 Å². The van der Waals surface area contributed by atoms with Crippen LogP contribution in [0, 0.1) is 6.92 Å². The number of nitrogens with zero attached hydrogens (tertiary/aromatic N) is 1. The topological polar surface area (TPSA) is 12.9 Å². The van der Waals surface area contributed by atoms with Gasteiger partial charge in [0.15, 0.2) is 0 Å². The van der Waals surface area contributed by atoms with E-state index in [0.717, 1.165) is 0 Å². The second kappa shape index (κ2) is 5.12. The molecule has 0 amide bonds. The van der Waals surface area contributed by atoms with Crippen molar-refractivity contribution in [3.63, 3.8) is 0 Å². The van der Waals surface area contributed by atoms with E-state index in [4.69, 9.17) is 0 Å². The fourth-order valence-electron chi connectivity index (χ4n) is 3.17. The molecule has 21 heavy (non-hydrogen) atoms. The molecule has 1 aromatic carbocycles. The van der Waals surface area contributed by atoms with Crippen molar-refractivity contribution in [2.24, 2.45) is 0 Å². The number of pyridine rings is 1. The van der Waals surface area contributed by atoms with Crippen molar-refractivity contribution in [2.75, 3.05) is 0 Å². The monoisotopic (exact) mass is 291 g/mol. The molecule has 0 bridgehead atoms. The Morgan fingerprint density at radius 3 is 2.76 bits per heavy atom. The Kier molecular flexibility index (Phi) is 3.12. The summed E-state index contributed by atoms with van der Waals surface area (Å²) in [5.41, 5.74) is 6.91. The van der Waals surface area contributed by atoms with Crippen LogP contribution in [0.15, 0.2) is 48.8 Å². The maximum atomic E-state index is 4.24. The number of benzene rings is 1. The lowest BCUT2D eigenvalue weighted by Crippen LogP contribution is -1.88. The summed E-state index contributed by atoms with van der Waals surface area (Å²) in [6.45, 7) is 2.21. The van der Waals surface area contributed by atoms with Gasteiger partial charge in [0.25, 0.3) is 0 Å². The third kappa shape index (κ3) is 2.30. The summed E-state index contributed by atoms with van der Waals surface area (Å²) in [4.78, 5) is 7.14. The summed E-state index contributed by atoms with van der Waals surface area (Å²) in [7, 11) is 0. The van der Waals surface area contributed by atoms with Crippen molar-refractivity contribution in [3.05, 3.63) is 64.8 Å². The predicted octanol–water partition coefficient (Wildman–Crippen LogP) is 5.27. The van der Waals surface area contributed by atoms with Gasteiger partial charge < -0.3 is 0 Å². The highest BCUT2D eigenvalue weighted by Crippen LogP contribution is 2.40. The van der Waals surface area contributed by atoms with E-state index in [1.165, 1.54) is 56.8 Å². The fraction of sp³-hybridized carbons (Fsp3) is 0.211. The first-order chi connectivity index (χ1) is 10.3. The zero-order valence-corrected chi connectivity index (χ0v) is 12.9. The predicted molar refractivity (Wildman–Crippen MR) is 89.7 cm³/mol. The van der Waals surface area contributed by atoms with Crippen molar-refractivity contribution in [1.29, 1.82) is 0 Å². The van der Waals surface area contributed by atoms with Crippen molar-refractivity contribution in [3.8, 4) is 21.6 Å². The van der Waals surface area contributed by atoms with Gasteiger partial charge in [0.2, 0.25) is 0 Å². The number of hydrogen-bond donors (Lipinski definition) is 0. The zero-order valence-electron chi connectivity index (χ0n) is 12.1. The Morgan fingerprint density at radius 2 is 1.90 bits per heavy atom. The van der Waals surface area contributed by atoms with Crippen LogP contribution in [-0.4, -0.2) is 4.98 Å². The molecule has 0 spiro atoms. The van der Waals surface area contributed by atoms with E-state index >= 15 is 0 Å². The number of fused-ring (bicyclic) bond motifs is 3. The first kappa shape index (κ1) is 12.8. The van der Waals surface area contributed by atoms with Crippen LogP contribution in [0.5, 0.6) is 0 Å². The highest BCUT2D eigenvalue weighted by Gasteiger charge is 2.17. The van der Waals surface area contributed by atoms with Crippen molar-refractivity contribution in [2.45, 2.75) is 26.2 Å². The minimum absolute atomic E-state index is 1.18. The van der Waals surface area contributed by atoms with Crippen LogP contribution >= 0.6 is 11.3 Å². The summed E-state index contributed by atoms with van der Waals surface area (Å²) in [6.07, 6.45) is 7.41. The molecule has 3 aromatic rings. The zero-order chi connectivity index (χ0) is 14.2. The smallest absolute Gasteiger partial charge is 0.0380 e. The fourth-order valence-corrected chi connectivity index (χ4v) is 4.28. The maximum absolute atomic E-state index is 4.24. The Balaban J connectivity index is 1.90. The van der Waals surface area contributed by atoms with Gasteiger partial charge in [0, 0.05) is 27.7 Å². The number of hydrogen-bond acceptors (Lipinski definition) is 2. The number of thiophene rings is 1. The van der Waals surface area contributed by atoms with E-state index in [-0.39, 0.29) is 0 Å². The molecule has 1 aliphatic carbocycles. The van der Waals surface area contributed by atoms with E-state index in [1.54, 1.807) is 0 Å². The lowest BCUT2D eigenvalue weighted by Gasteiger charge is -2.09. The first-order valence-electron chi connectivity index (χ1n) is 7.44. The minimum atomic E-state index is 1.18. The van der Waals surface area contributed by atoms with Crippen LogP contribution in [0.1, 0.15) is 22.4 Å². The van der Waals surface area contributed by atoms with Gasteiger partial charge in [0.1, 0.15) is 0 Å². The average molecular weight is 291 g/mol. The molecule has 1 nitrogen and oxygen atoms in total. The average Bonchev–Trinajstić information content (AvgIpc) is 2.81. The molecule has 2 heteroatoms. The summed E-state index contributed by atoms with van der Waals surface area (Å²) in [6, 6.07) is 13.4. The molecular formula is C19H17NS. The molecule has 2 heterocycles. The molecule has 0 fully saturated rings. The normalized spacial score (nSPS) is 13.4. The standard InChI is InChI=1S/C19H17NS/c1-13-10-16-5-2-4-14-7-8-15(11-18(14)19(16)21-13)17-6-3-9-20-12-17/h3,6-12H,2,4-5H2,1H3. The van der Waals surface area contributed by atoms with Crippen molar-refractivity contribution in [1.82, 2.24) is 4.98 Å². The van der Waals surface area contributed by atoms with E-state index < -0.39 is 0 Å². The third-order valence-electron chi connectivity index (χ3n) is 4.17. The second-order valence-corrected chi connectivity index (χ2v) is 6.93. The van der Waals surface area contributed by atoms with Gasteiger partial charge in [-0.2, -0.15) is 0 Å².